The number of hydrogen-bond acceptors (Lipinski definition) is 8. The molecule has 1 unspecified atom stereocenters. The molecule has 0 radical (unpaired) electrons. The second kappa shape index (κ2) is 6.31. The Labute approximate surface area is 99.1 Å². The zero-order valence-corrected chi connectivity index (χ0v) is 9.41. The summed E-state index contributed by atoms with van der Waals surface area (Å²) in [6.07, 6.45) is -10.5. The largest absolute Gasteiger partial charge is 0.479 e. The second-order valence-corrected chi connectivity index (χ2v) is 4.26. The van der Waals surface area contributed by atoms with Gasteiger partial charge in [-0.05, 0) is 0 Å². The minimum Gasteiger partial charge on any atom is -0.479 e. The predicted octanol–water partition coefficient (Wildman–Crippen LogP) is -3.85. The van der Waals surface area contributed by atoms with Crippen molar-refractivity contribution >= 4 is 19.6 Å². The summed E-state index contributed by atoms with van der Waals surface area (Å²) in [6, 6.07) is 0. The number of carboxylic acids is 1. The van der Waals surface area contributed by atoms with Gasteiger partial charge in [-0.25, -0.2) is 13.9 Å². The van der Waals surface area contributed by atoms with E-state index in [1.165, 1.54) is 0 Å². The minimum absolute atomic E-state index is 1.83. The Bertz CT molecular complexity index is 361. The zero-order valence-electron chi connectivity index (χ0n) is 8.52. The Hall–Kier alpha value is -0.910. The molecule has 0 rings (SSSR count). The van der Waals surface area contributed by atoms with E-state index in [1.54, 1.807) is 0 Å². The van der Waals surface area contributed by atoms with Crippen molar-refractivity contribution in [2.45, 2.75) is 24.6 Å². The number of carbonyl (C=O) groups excluding carboxylic acids is 1. The lowest BCUT2D eigenvalue weighted by Gasteiger charge is -2.21. The van der Waals surface area contributed by atoms with E-state index in [2.05, 4.69) is 4.52 Å². The van der Waals surface area contributed by atoms with Crippen molar-refractivity contribution in [2.24, 2.45) is 0 Å². The van der Waals surface area contributed by atoms with Crippen molar-refractivity contribution in [2.75, 3.05) is 0 Å². The molecule has 0 aliphatic rings. The van der Waals surface area contributed by atoms with Crippen molar-refractivity contribution in [3.8, 4) is 0 Å². The van der Waals surface area contributed by atoms with Crippen LogP contribution in [0.5, 0.6) is 0 Å². The van der Waals surface area contributed by atoms with E-state index in [0.29, 0.717) is 0 Å². The molecule has 4 atom stereocenters. The van der Waals surface area contributed by atoms with Crippen LogP contribution in [0.25, 0.3) is 0 Å². The highest BCUT2D eigenvalue weighted by atomic mass is 31.2. The molecule has 7 N–H and O–H groups in total. The van der Waals surface area contributed by atoms with Crippen LogP contribution in [0, 0.1) is 0 Å². The topological polar surface area (TPSA) is 202 Å². The zero-order chi connectivity index (χ0) is 14.7. The Morgan fingerprint density at radius 1 is 1.00 bits per heavy atom. The summed E-state index contributed by atoms with van der Waals surface area (Å²) in [7, 11) is -5.23. The number of phosphoric acid groups is 1. The molecule has 0 bridgehead atoms. The number of aliphatic hydroxyl groups is 4. The molecule has 0 aromatic rings. The molecule has 0 aromatic heterocycles. The quantitative estimate of drug-likeness (QED) is 0.178. The van der Waals surface area contributed by atoms with E-state index >= 15 is 0 Å². The summed E-state index contributed by atoms with van der Waals surface area (Å²) < 4.78 is 13.7. The number of hydrogen-bond donors (Lipinski definition) is 7. The fourth-order valence-electron chi connectivity index (χ4n) is 0.815. The van der Waals surface area contributed by atoms with Gasteiger partial charge in [0.05, 0.1) is 0 Å². The maximum Gasteiger partial charge on any atom is 0.472 e. The van der Waals surface area contributed by atoms with Gasteiger partial charge in [-0.2, -0.15) is 0 Å². The fraction of sp³-hybridized carbons (Fsp3) is 0.667. The molecule has 0 aromatic carbocycles. The van der Waals surface area contributed by atoms with Gasteiger partial charge in [-0.1, -0.05) is 0 Å². The first-order valence-electron chi connectivity index (χ1n) is 4.20. The van der Waals surface area contributed by atoms with Gasteiger partial charge in [0.15, 0.2) is 6.10 Å². The Balaban J connectivity index is 4.69. The summed E-state index contributed by atoms with van der Waals surface area (Å²) in [5.41, 5.74) is 0. The molecule has 0 amide bonds. The van der Waals surface area contributed by atoms with E-state index in [1.807, 2.05) is 0 Å². The number of phosphoric ester groups is 1. The third-order valence-electron chi connectivity index (χ3n) is 1.67. The van der Waals surface area contributed by atoms with Gasteiger partial charge in [0.1, 0.15) is 12.2 Å². The molecular weight excluding hydrogens is 279 g/mol. The third-order valence-corrected chi connectivity index (χ3v) is 2.15. The lowest BCUT2D eigenvalue weighted by molar-refractivity contribution is -0.169. The lowest BCUT2D eigenvalue weighted by atomic mass is 10.0. The van der Waals surface area contributed by atoms with Crippen LogP contribution in [0.4, 0.5) is 0 Å². The summed E-state index contributed by atoms with van der Waals surface area (Å²) in [4.78, 5) is 37.8. The number of rotatable bonds is 7. The monoisotopic (exact) mass is 290 g/mol. The van der Waals surface area contributed by atoms with Gasteiger partial charge in [0.2, 0.25) is 12.1 Å². The van der Waals surface area contributed by atoms with E-state index < -0.39 is 44.2 Å². The van der Waals surface area contributed by atoms with Crippen LogP contribution in [-0.4, -0.2) is 71.7 Å². The molecular formula is C6H11O11P. The van der Waals surface area contributed by atoms with Gasteiger partial charge in [-0.3, -0.25) is 4.79 Å². The molecule has 0 spiro atoms. The summed E-state index contributed by atoms with van der Waals surface area (Å²) in [6.45, 7) is 0. The van der Waals surface area contributed by atoms with Crippen LogP contribution >= 0.6 is 7.82 Å². The summed E-state index contributed by atoms with van der Waals surface area (Å²) in [5.74, 6) is -3.79. The predicted molar refractivity (Wildman–Crippen MR) is 49.8 cm³/mol. The number of aliphatic hydroxyl groups excluding tert-OH is 4. The number of carbonyl (C=O) groups is 2. The first-order valence-corrected chi connectivity index (χ1v) is 5.73. The molecule has 12 heteroatoms. The molecule has 0 aliphatic carbocycles. The second-order valence-electron chi connectivity index (χ2n) is 3.07. The van der Waals surface area contributed by atoms with E-state index in [0.717, 1.165) is 0 Å². The van der Waals surface area contributed by atoms with Crippen molar-refractivity contribution in [3.63, 3.8) is 0 Å². The number of Topliss-reactive ketones (excluding diaryl/α,β-unsaturated/α-hetero) is 1. The molecule has 0 aliphatic heterocycles. The molecule has 0 fully saturated rings. The molecule has 106 valence electrons. The van der Waals surface area contributed by atoms with E-state index in [-0.39, 0.29) is 0 Å². The Morgan fingerprint density at radius 3 is 1.78 bits per heavy atom. The number of carboxylic acid groups (broad SMARTS) is 1. The van der Waals surface area contributed by atoms with Crippen molar-refractivity contribution < 1.29 is 54.0 Å². The van der Waals surface area contributed by atoms with Crippen LogP contribution in [0.2, 0.25) is 0 Å². The van der Waals surface area contributed by atoms with E-state index in [9.17, 15) is 14.2 Å². The van der Waals surface area contributed by atoms with Gasteiger partial charge in [-0.15, -0.1) is 0 Å². The third kappa shape index (κ3) is 5.16. The first kappa shape index (κ1) is 17.1. The summed E-state index contributed by atoms with van der Waals surface area (Å²) >= 11 is 0. The maximum absolute atomic E-state index is 11.1. The molecule has 0 saturated carbocycles. The number of aliphatic carboxylic acids is 1. The first-order chi connectivity index (χ1) is 7.97. The standard InChI is InChI=1S/C6H11O11P/c7-1(3(9)5(11)12)2(8)4(10)6(13)17-18(14,15)16/h1-3,6-9,13H,(H,11,12)(H2,14,15,16)/t1-,2-,3-,6?/m0/s1. The average molecular weight is 290 g/mol. The SMILES string of the molecule is O=C(O)[C@@H](O)[C@@H](O)[C@H](O)C(=O)C(O)OP(=O)(O)O. The van der Waals surface area contributed by atoms with E-state index in [4.69, 9.17) is 35.3 Å². The van der Waals surface area contributed by atoms with Crippen LogP contribution in [-0.2, 0) is 18.7 Å². The lowest BCUT2D eigenvalue weighted by Crippen LogP contribution is -2.49. The van der Waals surface area contributed by atoms with Crippen LogP contribution in [0.15, 0.2) is 0 Å². The van der Waals surface area contributed by atoms with Crippen molar-refractivity contribution in [3.05, 3.63) is 0 Å². The van der Waals surface area contributed by atoms with Gasteiger partial charge < -0.3 is 35.3 Å². The minimum atomic E-state index is -5.23. The summed E-state index contributed by atoms with van der Waals surface area (Å²) in [5, 5.41) is 43.9. The van der Waals surface area contributed by atoms with Crippen LogP contribution in [0.1, 0.15) is 0 Å². The molecule has 18 heavy (non-hydrogen) atoms. The smallest absolute Gasteiger partial charge is 0.472 e. The Kier molecular flexibility index (Phi) is 5.99. The van der Waals surface area contributed by atoms with Gasteiger partial charge in [0, 0.05) is 0 Å². The maximum atomic E-state index is 11.1. The van der Waals surface area contributed by atoms with Crippen molar-refractivity contribution in [1.29, 1.82) is 0 Å². The highest BCUT2D eigenvalue weighted by molar-refractivity contribution is 7.46. The highest BCUT2D eigenvalue weighted by Crippen LogP contribution is 2.37. The Morgan fingerprint density at radius 2 is 1.44 bits per heavy atom. The molecule has 0 saturated heterocycles. The molecule has 0 heterocycles. The fourth-order valence-corrected chi connectivity index (χ4v) is 1.18. The van der Waals surface area contributed by atoms with Gasteiger partial charge in [0.25, 0.3) is 0 Å². The van der Waals surface area contributed by atoms with Crippen molar-refractivity contribution in [1.82, 2.24) is 0 Å². The van der Waals surface area contributed by atoms with Gasteiger partial charge >= 0.3 is 13.8 Å². The highest BCUT2D eigenvalue weighted by Gasteiger charge is 2.39. The van der Waals surface area contributed by atoms with Crippen LogP contribution in [0.3, 0.4) is 0 Å². The van der Waals surface area contributed by atoms with Crippen LogP contribution < -0.4 is 0 Å². The number of ketones is 1. The molecule has 11 nitrogen and oxygen atoms in total. The average Bonchev–Trinajstić information content (AvgIpc) is 2.22. The normalized spacial score (nSPS) is 18.8.